The standard InChI is InChI=1S/C19H16N4O2/c24-19(20-9-8-13-4-2-1-3-5-13)17-11-18(25-23-17)14-6-7-16-15(10-14)12-21-22-16/h1-7,10-12H,8-9H2,(H,20,24)(H,21,22). The summed E-state index contributed by atoms with van der Waals surface area (Å²) in [6.07, 6.45) is 2.51. The molecule has 0 saturated carbocycles. The Balaban J connectivity index is 1.42. The second kappa shape index (κ2) is 6.60. The molecular formula is C19H16N4O2. The molecule has 124 valence electrons. The van der Waals surface area contributed by atoms with E-state index in [2.05, 4.69) is 20.7 Å². The lowest BCUT2D eigenvalue weighted by Crippen LogP contribution is -2.25. The van der Waals surface area contributed by atoms with Gasteiger partial charge in [0.2, 0.25) is 0 Å². The third kappa shape index (κ3) is 3.28. The van der Waals surface area contributed by atoms with Crippen LogP contribution in [0.25, 0.3) is 22.2 Å². The molecule has 4 aromatic rings. The summed E-state index contributed by atoms with van der Waals surface area (Å²) in [6, 6.07) is 17.4. The van der Waals surface area contributed by atoms with Gasteiger partial charge in [-0.15, -0.1) is 0 Å². The number of hydrogen-bond donors (Lipinski definition) is 2. The summed E-state index contributed by atoms with van der Waals surface area (Å²) in [6.45, 7) is 0.548. The highest BCUT2D eigenvalue weighted by Crippen LogP contribution is 2.24. The molecule has 0 aliphatic heterocycles. The van der Waals surface area contributed by atoms with Crippen LogP contribution in [0.1, 0.15) is 16.1 Å². The molecule has 0 bridgehead atoms. The van der Waals surface area contributed by atoms with Crippen LogP contribution in [0.4, 0.5) is 0 Å². The van der Waals surface area contributed by atoms with Gasteiger partial charge in [-0.05, 0) is 30.2 Å². The van der Waals surface area contributed by atoms with Crippen molar-refractivity contribution in [1.82, 2.24) is 20.7 Å². The summed E-state index contributed by atoms with van der Waals surface area (Å²) in [4.78, 5) is 12.2. The first-order chi connectivity index (χ1) is 12.3. The summed E-state index contributed by atoms with van der Waals surface area (Å²) in [5.74, 6) is 0.312. The molecule has 1 amide bonds. The van der Waals surface area contributed by atoms with E-state index >= 15 is 0 Å². The van der Waals surface area contributed by atoms with Gasteiger partial charge in [0.25, 0.3) is 5.91 Å². The van der Waals surface area contributed by atoms with Crippen molar-refractivity contribution < 1.29 is 9.32 Å². The Hall–Kier alpha value is -3.41. The van der Waals surface area contributed by atoms with Gasteiger partial charge in [-0.3, -0.25) is 9.89 Å². The lowest BCUT2D eigenvalue weighted by Gasteiger charge is -2.02. The molecule has 0 saturated heterocycles. The van der Waals surface area contributed by atoms with Crippen LogP contribution < -0.4 is 5.32 Å². The molecular weight excluding hydrogens is 316 g/mol. The number of hydrogen-bond acceptors (Lipinski definition) is 4. The molecule has 0 radical (unpaired) electrons. The number of nitrogens with one attached hydrogen (secondary N) is 2. The zero-order valence-electron chi connectivity index (χ0n) is 13.4. The number of amides is 1. The van der Waals surface area contributed by atoms with Crippen molar-refractivity contribution in [3.63, 3.8) is 0 Å². The molecule has 0 unspecified atom stereocenters. The van der Waals surface area contributed by atoms with E-state index in [-0.39, 0.29) is 11.6 Å². The smallest absolute Gasteiger partial charge is 0.273 e. The lowest BCUT2D eigenvalue weighted by atomic mass is 10.1. The highest BCUT2D eigenvalue weighted by molar-refractivity contribution is 5.93. The maximum Gasteiger partial charge on any atom is 0.273 e. The molecule has 2 aromatic carbocycles. The van der Waals surface area contributed by atoms with Crippen molar-refractivity contribution >= 4 is 16.8 Å². The molecule has 0 atom stereocenters. The van der Waals surface area contributed by atoms with Crippen LogP contribution in [0.15, 0.2) is 65.3 Å². The SMILES string of the molecule is O=C(NCCc1ccccc1)c1cc(-c2ccc3[nH]ncc3c2)on1. The molecule has 4 rings (SSSR count). The van der Waals surface area contributed by atoms with Crippen LogP contribution in [0.3, 0.4) is 0 Å². The Kier molecular flexibility index (Phi) is 4.00. The van der Waals surface area contributed by atoms with Crippen LogP contribution in [0.2, 0.25) is 0 Å². The van der Waals surface area contributed by atoms with Gasteiger partial charge in [0, 0.05) is 23.6 Å². The summed E-state index contributed by atoms with van der Waals surface area (Å²) in [7, 11) is 0. The van der Waals surface area contributed by atoms with E-state index in [4.69, 9.17) is 4.52 Å². The number of carbonyl (C=O) groups excluding carboxylic acids is 1. The van der Waals surface area contributed by atoms with Crippen LogP contribution in [-0.4, -0.2) is 27.8 Å². The fourth-order valence-electron chi connectivity index (χ4n) is 2.67. The minimum absolute atomic E-state index is 0.240. The van der Waals surface area contributed by atoms with Crippen LogP contribution in [-0.2, 0) is 6.42 Å². The quantitative estimate of drug-likeness (QED) is 0.588. The first-order valence-corrected chi connectivity index (χ1v) is 8.02. The summed E-state index contributed by atoms with van der Waals surface area (Å²) >= 11 is 0. The van der Waals surface area contributed by atoms with E-state index in [9.17, 15) is 4.79 Å². The van der Waals surface area contributed by atoms with Crippen molar-refractivity contribution in [2.45, 2.75) is 6.42 Å². The lowest BCUT2D eigenvalue weighted by molar-refractivity contribution is 0.0945. The Morgan fingerprint density at radius 2 is 2.00 bits per heavy atom. The van der Waals surface area contributed by atoms with Crippen molar-refractivity contribution in [2.75, 3.05) is 6.54 Å². The minimum atomic E-state index is -0.240. The zero-order chi connectivity index (χ0) is 17.1. The third-order valence-electron chi connectivity index (χ3n) is 4.01. The third-order valence-corrected chi connectivity index (χ3v) is 4.01. The summed E-state index contributed by atoms with van der Waals surface area (Å²) < 4.78 is 5.32. The highest BCUT2D eigenvalue weighted by Gasteiger charge is 2.13. The fraction of sp³-hybridized carbons (Fsp3) is 0.105. The topological polar surface area (TPSA) is 83.8 Å². The molecule has 2 aromatic heterocycles. The maximum atomic E-state index is 12.2. The maximum absolute atomic E-state index is 12.2. The molecule has 0 spiro atoms. The zero-order valence-corrected chi connectivity index (χ0v) is 13.4. The number of carbonyl (C=O) groups is 1. The van der Waals surface area contributed by atoms with Crippen molar-refractivity contribution in [3.8, 4) is 11.3 Å². The van der Waals surface area contributed by atoms with Crippen molar-refractivity contribution in [1.29, 1.82) is 0 Å². The predicted molar refractivity (Wildman–Crippen MR) is 94.1 cm³/mol. The second-order valence-corrected chi connectivity index (χ2v) is 5.74. The Bertz CT molecular complexity index is 1000. The van der Waals surface area contributed by atoms with Gasteiger partial charge < -0.3 is 9.84 Å². The normalized spacial score (nSPS) is 10.9. The second-order valence-electron chi connectivity index (χ2n) is 5.74. The number of benzene rings is 2. The number of fused-ring (bicyclic) bond motifs is 1. The number of H-pyrrole nitrogens is 1. The largest absolute Gasteiger partial charge is 0.355 e. The molecule has 0 aliphatic carbocycles. The summed E-state index contributed by atoms with van der Waals surface area (Å²) in [5, 5.41) is 14.6. The van der Waals surface area contributed by atoms with Gasteiger partial charge in [0.15, 0.2) is 11.5 Å². The fourth-order valence-corrected chi connectivity index (χ4v) is 2.67. The first kappa shape index (κ1) is 15.1. The first-order valence-electron chi connectivity index (χ1n) is 8.02. The Morgan fingerprint density at radius 1 is 1.12 bits per heavy atom. The Morgan fingerprint density at radius 3 is 2.88 bits per heavy atom. The molecule has 0 fully saturated rings. The van der Waals surface area contributed by atoms with Gasteiger partial charge in [-0.1, -0.05) is 35.5 Å². The van der Waals surface area contributed by atoms with E-state index in [0.29, 0.717) is 12.3 Å². The predicted octanol–water partition coefficient (Wildman–Crippen LogP) is 3.19. The molecule has 2 N–H and O–H groups in total. The molecule has 6 nitrogen and oxygen atoms in total. The van der Waals surface area contributed by atoms with Gasteiger partial charge >= 0.3 is 0 Å². The van der Waals surface area contributed by atoms with Crippen molar-refractivity contribution in [2.24, 2.45) is 0 Å². The Labute approximate surface area is 143 Å². The number of aromatic amines is 1. The number of nitrogens with zero attached hydrogens (tertiary/aromatic N) is 2. The van der Waals surface area contributed by atoms with E-state index in [1.807, 2.05) is 48.5 Å². The molecule has 25 heavy (non-hydrogen) atoms. The van der Waals surface area contributed by atoms with Gasteiger partial charge in [0.05, 0.1) is 11.7 Å². The van der Waals surface area contributed by atoms with Gasteiger partial charge in [0.1, 0.15) is 0 Å². The van der Waals surface area contributed by atoms with Crippen LogP contribution >= 0.6 is 0 Å². The average molecular weight is 332 g/mol. The molecule has 6 heteroatoms. The van der Waals surface area contributed by atoms with E-state index in [1.54, 1.807) is 12.3 Å². The molecule has 2 heterocycles. The van der Waals surface area contributed by atoms with E-state index < -0.39 is 0 Å². The highest BCUT2D eigenvalue weighted by atomic mass is 16.5. The van der Waals surface area contributed by atoms with Crippen LogP contribution in [0, 0.1) is 0 Å². The summed E-state index contributed by atoms with van der Waals surface area (Å²) in [5.41, 5.74) is 3.25. The van der Waals surface area contributed by atoms with Gasteiger partial charge in [-0.25, -0.2) is 0 Å². The van der Waals surface area contributed by atoms with E-state index in [0.717, 1.165) is 22.9 Å². The van der Waals surface area contributed by atoms with Crippen LogP contribution in [0.5, 0.6) is 0 Å². The van der Waals surface area contributed by atoms with E-state index in [1.165, 1.54) is 5.56 Å². The number of rotatable bonds is 5. The number of aromatic nitrogens is 3. The minimum Gasteiger partial charge on any atom is -0.355 e. The molecule has 0 aliphatic rings. The monoisotopic (exact) mass is 332 g/mol. The van der Waals surface area contributed by atoms with Crippen molar-refractivity contribution in [3.05, 3.63) is 72.1 Å². The van der Waals surface area contributed by atoms with Gasteiger partial charge in [-0.2, -0.15) is 5.10 Å². The average Bonchev–Trinajstić information content (AvgIpc) is 3.31.